The number of hydrogen-bond donors (Lipinski definition) is 2. The SMILES string of the molecule is O=C(CCC1=NNC2N(Cc3ccccc3Cl)C(=O)C3CCCCC3N12)NCc1cccs1. The Labute approximate surface area is 202 Å². The summed E-state index contributed by atoms with van der Waals surface area (Å²) in [5, 5.41) is 10.2. The number of halogens is 1. The molecule has 3 atom stereocenters. The maximum Gasteiger partial charge on any atom is 0.231 e. The smallest absolute Gasteiger partial charge is 0.231 e. The fourth-order valence-electron chi connectivity index (χ4n) is 5.12. The van der Waals surface area contributed by atoms with Gasteiger partial charge in [-0.2, -0.15) is 5.10 Å². The van der Waals surface area contributed by atoms with Crippen molar-refractivity contribution in [3.05, 3.63) is 57.2 Å². The molecule has 1 aliphatic carbocycles. The van der Waals surface area contributed by atoms with Gasteiger partial charge in [-0.05, 0) is 35.9 Å². The number of carbonyl (C=O) groups excluding carboxylic acids is 2. The molecular weight excluding hydrogens is 458 g/mol. The van der Waals surface area contributed by atoms with Crippen LogP contribution in [0.4, 0.5) is 0 Å². The molecule has 2 aromatic rings. The highest BCUT2D eigenvalue weighted by molar-refractivity contribution is 7.09. The number of carbonyl (C=O) groups is 2. The summed E-state index contributed by atoms with van der Waals surface area (Å²) < 4.78 is 0. The van der Waals surface area contributed by atoms with E-state index < -0.39 is 0 Å². The van der Waals surface area contributed by atoms with Gasteiger partial charge in [-0.15, -0.1) is 11.3 Å². The molecule has 1 aromatic carbocycles. The summed E-state index contributed by atoms with van der Waals surface area (Å²) in [6.45, 7) is 0.984. The molecule has 2 N–H and O–H groups in total. The van der Waals surface area contributed by atoms with Crippen LogP contribution in [0.1, 0.15) is 49.0 Å². The van der Waals surface area contributed by atoms with E-state index in [1.807, 2.05) is 46.7 Å². The van der Waals surface area contributed by atoms with Gasteiger partial charge in [-0.1, -0.05) is 48.7 Å². The second-order valence-electron chi connectivity index (χ2n) is 8.81. The Morgan fingerprint density at radius 3 is 2.88 bits per heavy atom. The van der Waals surface area contributed by atoms with Gasteiger partial charge in [0.05, 0.1) is 19.0 Å². The number of hydrogen-bond acceptors (Lipinski definition) is 6. The van der Waals surface area contributed by atoms with Crippen molar-refractivity contribution in [1.82, 2.24) is 20.5 Å². The number of rotatable bonds is 7. The molecule has 0 bridgehead atoms. The number of thiophene rings is 1. The molecule has 3 heterocycles. The predicted molar refractivity (Wildman–Crippen MR) is 129 cm³/mol. The van der Waals surface area contributed by atoms with Crippen molar-refractivity contribution in [2.24, 2.45) is 11.0 Å². The van der Waals surface area contributed by atoms with Gasteiger partial charge < -0.3 is 10.2 Å². The summed E-state index contributed by atoms with van der Waals surface area (Å²) in [6, 6.07) is 11.8. The van der Waals surface area contributed by atoms with Gasteiger partial charge in [-0.25, -0.2) is 0 Å². The minimum absolute atomic E-state index is 0.00996. The molecule has 0 radical (unpaired) electrons. The number of benzene rings is 1. The van der Waals surface area contributed by atoms with Crippen LogP contribution in [0.15, 0.2) is 46.9 Å². The van der Waals surface area contributed by atoms with Crippen LogP contribution in [0, 0.1) is 5.92 Å². The first-order chi connectivity index (χ1) is 16.1. The van der Waals surface area contributed by atoms with E-state index in [9.17, 15) is 9.59 Å². The first-order valence-corrected chi connectivity index (χ1v) is 12.8. The van der Waals surface area contributed by atoms with E-state index in [0.29, 0.717) is 31.0 Å². The van der Waals surface area contributed by atoms with E-state index in [0.717, 1.165) is 42.0 Å². The second-order valence-corrected chi connectivity index (χ2v) is 10.2. The van der Waals surface area contributed by atoms with Gasteiger partial charge >= 0.3 is 0 Å². The van der Waals surface area contributed by atoms with Crippen LogP contribution in [-0.4, -0.2) is 39.8 Å². The van der Waals surface area contributed by atoms with Gasteiger partial charge in [0, 0.05) is 28.8 Å². The molecular formula is C24H28ClN5O2S. The van der Waals surface area contributed by atoms with E-state index in [-0.39, 0.29) is 30.1 Å². The summed E-state index contributed by atoms with van der Waals surface area (Å²) in [4.78, 5) is 31.2. The largest absolute Gasteiger partial charge is 0.351 e. The third-order valence-corrected chi connectivity index (χ3v) is 8.01. The third-order valence-electron chi connectivity index (χ3n) is 6.77. The molecule has 0 spiro atoms. The van der Waals surface area contributed by atoms with Crippen LogP contribution < -0.4 is 10.7 Å². The maximum absolute atomic E-state index is 13.5. The molecule has 5 rings (SSSR count). The predicted octanol–water partition coefficient (Wildman–Crippen LogP) is 3.90. The Hall–Kier alpha value is -2.58. The first-order valence-electron chi connectivity index (χ1n) is 11.5. The van der Waals surface area contributed by atoms with Crippen molar-refractivity contribution in [1.29, 1.82) is 0 Å². The summed E-state index contributed by atoms with van der Waals surface area (Å²) in [5.41, 5.74) is 4.11. The van der Waals surface area contributed by atoms with Crippen molar-refractivity contribution in [2.75, 3.05) is 0 Å². The number of hydrazone groups is 1. The minimum Gasteiger partial charge on any atom is -0.351 e. The number of amides is 2. The Balaban J connectivity index is 1.29. The van der Waals surface area contributed by atoms with Crippen LogP contribution in [0.3, 0.4) is 0 Å². The van der Waals surface area contributed by atoms with Crippen LogP contribution in [0.25, 0.3) is 0 Å². The first kappa shape index (κ1) is 22.2. The molecule has 3 aliphatic rings. The van der Waals surface area contributed by atoms with E-state index in [1.165, 1.54) is 0 Å². The zero-order valence-electron chi connectivity index (χ0n) is 18.4. The van der Waals surface area contributed by atoms with Crippen molar-refractivity contribution in [3.63, 3.8) is 0 Å². The highest BCUT2D eigenvalue weighted by Gasteiger charge is 2.50. The highest BCUT2D eigenvalue weighted by atomic mass is 35.5. The molecule has 7 nitrogen and oxygen atoms in total. The molecule has 1 saturated carbocycles. The lowest BCUT2D eigenvalue weighted by molar-refractivity contribution is -0.156. The highest BCUT2D eigenvalue weighted by Crippen LogP contribution is 2.38. The Morgan fingerprint density at radius 2 is 2.06 bits per heavy atom. The van der Waals surface area contributed by atoms with E-state index in [2.05, 4.69) is 20.7 Å². The number of amidine groups is 1. The zero-order valence-corrected chi connectivity index (χ0v) is 19.9. The molecule has 2 aliphatic heterocycles. The molecule has 1 saturated heterocycles. The van der Waals surface area contributed by atoms with Crippen LogP contribution >= 0.6 is 22.9 Å². The topological polar surface area (TPSA) is 77.0 Å². The minimum atomic E-state index is -0.336. The maximum atomic E-state index is 13.5. The van der Waals surface area contributed by atoms with Gasteiger partial charge in [0.15, 0.2) is 6.29 Å². The lowest BCUT2D eigenvalue weighted by Gasteiger charge is -2.50. The molecule has 174 valence electrons. The summed E-state index contributed by atoms with van der Waals surface area (Å²) >= 11 is 8.04. The normalized spacial score (nSPS) is 24.1. The summed E-state index contributed by atoms with van der Waals surface area (Å²) in [7, 11) is 0. The quantitative estimate of drug-likeness (QED) is 0.623. The molecule has 1 aromatic heterocycles. The number of nitrogens with one attached hydrogen (secondary N) is 2. The van der Waals surface area contributed by atoms with Gasteiger partial charge in [0.25, 0.3) is 0 Å². The van der Waals surface area contributed by atoms with Gasteiger partial charge in [-0.3, -0.25) is 19.9 Å². The average Bonchev–Trinajstić information content (AvgIpc) is 3.50. The summed E-state index contributed by atoms with van der Waals surface area (Å²) in [5.74, 6) is 0.990. The van der Waals surface area contributed by atoms with Gasteiger partial charge in [0.1, 0.15) is 5.84 Å². The van der Waals surface area contributed by atoms with Crippen LogP contribution in [0.2, 0.25) is 5.02 Å². The summed E-state index contributed by atoms with van der Waals surface area (Å²) in [6.07, 6.45) is 4.60. The van der Waals surface area contributed by atoms with E-state index >= 15 is 0 Å². The molecule has 2 fully saturated rings. The third kappa shape index (κ3) is 4.59. The lowest BCUT2D eigenvalue weighted by Crippen LogP contribution is -2.67. The fourth-order valence-corrected chi connectivity index (χ4v) is 5.96. The lowest BCUT2D eigenvalue weighted by atomic mass is 9.80. The molecule has 33 heavy (non-hydrogen) atoms. The molecule has 2 amide bonds. The van der Waals surface area contributed by atoms with Crippen molar-refractivity contribution < 1.29 is 9.59 Å². The number of nitrogens with zero attached hydrogens (tertiary/aromatic N) is 3. The van der Waals surface area contributed by atoms with Crippen molar-refractivity contribution >= 4 is 40.6 Å². The van der Waals surface area contributed by atoms with Crippen molar-refractivity contribution in [2.45, 2.75) is 63.9 Å². The standard InChI is InChI=1S/C24H28ClN5O2S/c25-19-9-3-1-6-16(19)15-29-23(32)18-8-2-4-10-20(18)30-21(27-28-24(29)30)11-12-22(31)26-14-17-7-5-13-33-17/h1,3,5-7,9,13,18,20,24,28H,2,4,8,10-12,14-15H2,(H,26,31). The molecule has 3 unspecified atom stereocenters. The van der Waals surface area contributed by atoms with Crippen LogP contribution in [0.5, 0.6) is 0 Å². The second kappa shape index (κ2) is 9.73. The van der Waals surface area contributed by atoms with Crippen molar-refractivity contribution in [3.8, 4) is 0 Å². The Kier molecular flexibility index (Phi) is 6.55. The van der Waals surface area contributed by atoms with Gasteiger partial charge in [0.2, 0.25) is 11.8 Å². The van der Waals surface area contributed by atoms with E-state index in [1.54, 1.807) is 11.3 Å². The monoisotopic (exact) mass is 485 g/mol. The Bertz CT molecular complexity index is 1040. The number of fused-ring (bicyclic) bond motifs is 3. The fraction of sp³-hybridized carbons (Fsp3) is 0.458. The Morgan fingerprint density at radius 1 is 1.21 bits per heavy atom. The van der Waals surface area contributed by atoms with Crippen LogP contribution in [-0.2, 0) is 22.7 Å². The average molecular weight is 486 g/mol. The molecule has 9 heteroatoms. The zero-order chi connectivity index (χ0) is 22.8. The van der Waals surface area contributed by atoms with E-state index in [4.69, 9.17) is 11.6 Å².